The van der Waals surface area contributed by atoms with E-state index in [1.54, 1.807) is 0 Å². The molecule has 134 valence electrons. The zero-order valence-electron chi connectivity index (χ0n) is 15.0. The second kappa shape index (κ2) is 19.0. The molecule has 0 fully saturated rings. The van der Waals surface area contributed by atoms with Crippen LogP contribution in [-0.4, -0.2) is 63.8 Å². The zero-order valence-corrected chi connectivity index (χ0v) is 17.3. The first-order valence-electron chi connectivity index (χ1n) is 8.53. The fraction of sp³-hybridized carbons (Fsp3) is 0.938. The van der Waals surface area contributed by atoms with Crippen LogP contribution in [0.1, 0.15) is 46.5 Å². The van der Waals surface area contributed by atoms with Gasteiger partial charge in [-0.3, -0.25) is 4.99 Å². The van der Waals surface area contributed by atoms with Gasteiger partial charge in [0, 0.05) is 33.4 Å². The van der Waals surface area contributed by atoms with Gasteiger partial charge in [-0.25, -0.2) is 0 Å². The summed E-state index contributed by atoms with van der Waals surface area (Å²) < 4.78 is 5.32. The van der Waals surface area contributed by atoms with Crippen molar-refractivity contribution in [3.63, 3.8) is 0 Å². The van der Waals surface area contributed by atoms with Crippen LogP contribution in [0.2, 0.25) is 0 Å². The van der Waals surface area contributed by atoms with Gasteiger partial charge in [0.15, 0.2) is 5.96 Å². The molecular weight excluding hydrogens is 391 g/mol. The Hall–Kier alpha value is -0.0800. The van der Waals surface area contributed by atoms with E-state index in [0.29, 0.717) is 0 Å². The van der Waals surface area contributed by atoms with E-state index < -0.39 is 0 Å². The Balaban J connectivity index is 0. The minimum absolute atomic E-state index is 0. The Labute approximate surface area is 154 Å². The maximum atomic E-state index is 5.32. The molecule has 0 aliphatic heterocycles. The van der Waals surface area contributed by atoms with Gasteiger partial charge in [0.1, 0.15) is 0 Å². The molecule has 0 saturated carbocycles. The van der Waals surface area contributed by atoms with Crippen molar-refractivity contribution in [2.24, 2.45) is 4.99 Å². The monoisotopic (exact) mass is 428 g/mol. The van der Waals surface area contributed by atoms with Gasteiger partial charge >= 0.3 is 0 Å². The van der Waals surface area contributed by atoms with E-state index in [4.69, 9.17) is 4.74 Å². The van der Waals surface area contributed by atoms with Gasteiger partial charge in [0.2, 0.25) is 0 Å². The zero-order chi connectivity index (χ0) is 15.8. The normalized spacial score (nSPS) is 11.4. The number of nitrogens with zero attached hydrogens (tertiary/aromatic N) is 2. The average molecular weight is 428 g/mol. The van der Waals surface area contributed by atoms with Gasteiger partial charge in [-0.2, -0.15) is 0 Å². The van der Waals surface area contributed by atoms with Gasteiger partial charge in [0.05, 0.1) is 0 Å². The average Bonchev–Trinajstić information content (AvgIpc) is 2.52. The maximum absolute atomic E-state index is 5.32. The molecule has 0 atom stereocenters. The van der Waals surface area contributed by atoms with Crippen LogP contribution in [0.5, 0.6) is 0 Å². The van der Waals surface area contributed by atoms with Gasteiger partial charge in [-0.1, -0.05) is 13.8 Å². The second-order valence-corrected chi connectivity index (χ2v) is 5.06. The lowest BCUT2D eigenvalue weighted by Crippen LogP contribution is -2.38. The summed E-state index contributed by atoms with van der Waals surface area (Å²) in [4.78, 5) is 6.70. The molecule has 0 aliphatic carbocycles. The first-order chi connectivity index (χ1) is 10.3. The van der Waals surface area contributed by atoms with Gasteiger partial charge in [0.25, 0.3) is 0 Å². The van der Waals surface area contributed by atoms with E-state index in [-0.39, 0.29) is 24.0 Å². The van der Waals surface area contributed by atoms with Crippen LogP contribution in [0.15, 0.2) is 4.99 Å². The largest absolute Gasteiger partial charge is 0.382 e. The molecule has 22 heavy (non-hydrogen) atoms. The SMILES string of the molecule is CCOCCCCNC(=NC)NCCCCN(CC)CC.I. The molecule has 5 nitrogen and oxygen atoms in total. The number of guanidine groups is 1. The number of ether oxygens (including phenoxy) is 1. The molecule has 0 amide bonds. The minimum Gasteiger partial charge on any atom is -0.382 e. The summed E-state index contributed by atoms with van der Waals surface area (Å²) in [5.74, 6) is 0.911. The Kier molecular flexibility index (Phi) is 20.8. The topological polar surface area (TPSA) is 48.9 Å². The van der Waals surface area contributed by atoms with Crippen LogP contribution in [0.3, 0.4) is 0 Å². The predicted octanol–water partition coefficient (Wildman–Crippen LogP) is 2.71. The van der Waals surface area contributed by atoms with Gasteiger partial charge < -0.3 is 20.3 Å². The van der Waals surface area contributed by atoms with Crippen molar-refractivity contribution in [2.45, 2.75) is 46.5 Å². The van der Waals surface area contributed by atoms with E-state index >= 15 is 0 Å². The molecule has 0 rings (SSSR count). The van der Waals surface area contributed by atoms with E-state index in [1.807, 2.05) is 14.0 Å². The highest BCUT2D eigenvalue weighted by molar-refractivity contribution is 14.0. The standard InChI is InChI=1S/C16H36N4O.HI/c1-5-20(6-2)14-10-8-12-18-16(17-4)19-13-9-11-15-21-7-3;/h5-15H2,1-4H3,(H2,17,18,19);1H. The smallest absolute Gasteiger partial charge is 0.190 e. The molecule has 0 radical (unpaired) electrons. The van der Waals surface area contributed by atoms with Crippen molar-refractivity contribution < 1.29 is 4.74 Å². The fourth-order valence-corrected chi connectivity index (χ4v) is 2.11. The number of hydrogen-bond acceptors (Lipinski definition) is 3. The number of aliphatic imine (C=N–C) groups is 1. The number of unbranched alkanes of at least 4 members (excludes halogenated alkanes) is 2. The van der Waals surface area contributed by atoms with Crippen LogP contribution >= 0.6 is 24.0 Å². The van der Waals surface area contributed by atoms with Crippen molar-refractivity contribution in [3.8, 4) is 0 Å². The van der Waals surface area contributed by atoms with Crippen molar-refractivity contribution >= 4 is 29.9 Å². The quantitative estimate of drug-likeness (QED) is 0.205. The number of nitrogens with one attached hydrogen (secondary N) is 2. The molecular formula is C16H37IN4O. The maximum Gasteiger partial charge on any atom is 0.190 e. The molecule has 0 aromatic carbocycles. The molecule has 0 spiro atoms. The van der Waals surface area contributed by atoms with E-state index in [9.17, 15) is 0 Å². The number of hydrogen-bond donors (Lipinski definition) is 2. The highest BCUT2D eigenvalue weighted by Crippen LogP contribution is 1.94. The van der Waals surface area contributed by atoms with Crippen molar-refractivity contribution in [2.75, 3.05) is 53.0 Å². The Morgan fingerprint density at radius 3 is 2.05 bits per heavy atom. The van der Waals surface area contributed by atoms with Crippen LogP contribution in [0, 0.1) is 0 Å². The van der Waals surface area contributed by atoms with Crippen LogP contribution in [0.4, 0.5) is 0 Å². The lowest BCUT2D eigenvalue weighted by Gasteiger charge is -2.18. The van der Waals surface area contributed by atoms with Crippen LogP contribution in [-0.2, 0) is 4.74 Å². The highest BCUT2D eigenvalue weighted by Gasteiger charge is 1.99. The van der Waals surface area contributed by atoms with E-state index in [2.05, 4.69) is 34.4 Å². The van der Waals surface area contributed by atoms with E-state index in [0.717, 1.165) is 58.2 Å². The highest BCUT2D eigenvalue weighted by atomic mass is 127. The molecule has 0 aliphatic rings. The third-order valence-corrected chi connectivity index (χ3v) is 3.52. The molecule has 0 saturated heterocycles. The lowest BCUT2D eigenvalue weighted by molar-refractivity contribution is 0.143. The summed E-state index contributed by atoms with van der Waals surface area (Å²) in [7, 11) is 1.82. The Bertz CT molecular complexity index is 248. The van der Waals surface area contributed by atoms with Crippen LogP contribution < -0.4 is 10.6 Å². The summed E-state index contributed by atoms with van der Waals surface area (Å²) in [6.07, 6.45) is 4.63. The lowest BCUT2D eigenvalue weighted by atomic mass is 10.3. The molecule has 0 unspecified atom stereocenters. The molecule has 2 N–H and O–H groups in total. The first-order valence-corrected chi connectivity index (χ1v) is 8.53. The summed E-state index contributed by atoms with van der Waals surface area (Å²) >= 11 is 0. The number of halogens is 1. The molecule has 0 aromatic heterocycles. The Morgan fingerprint density at radius 1 is 0.955 bits per heavy atom. The molecule has 0 heterocycles. The van der Waals surface area contributed by atoms with Gasteiger partial charge in [-0.05, 0) is 52.2 Å². The summed E-state index contributed by atoms with van der Waals surface area (Å²) in [6, 6.07) is 0. The van der Waals surface area contributed by atoms with Gasteiger partial charge in [-0.15, -0.1) is 24.0 Å². The number of rotatable bonds is 13. The fourth-order valence-electron chi connectivity index (χ4n) is 2.11. The van der Waals surface area contributed by atoms with E-state index in [1.165, 1.54) is 19.4 Å². The Morgan fingerprint density at radius 2 is 1.55 bits per heavy atom. The van der Waals surface area contributed by atoms with Crippen molar-refractivity contribution in [1.82, 2.24) is 15.5 Å². The minimum atomic E-state index is 0. The van der Waals surface area contributed by atoms with Crippen molar-refractivity contribution in [3.05, 3.63) is 0 Å². The summed E-state index contributed by atoms with van der Waals surface area (Å²) in [5.41, 5.74) is 0. The second-order valence-electron chi connectivity index (χ2n) is 5.06. The van der Waals surface area contributed by atoms with Crippen molar-refractivity contribution in [1.29, 1.82) is 0 Å². The third-order valence-electron chi connectivity index (χ3n) is 3.52. The first kappa shape index (κ1) is 24.2. The third kappa shape index (κ3) is 14.8. The molecule has 0 bridgehead atoms. The molecule has 0 aromatic rings. The predicted molar refractivity (Wildman–Crippen MR) is 108 cm³/mol. The van der Waals surface area contributed by atoms with Crippen LogP contribution in [0.25, 0.3) is 0 Å². The summed E-state index contributed by atoms with van der Waals surface area (Å²) in [6.45, 7) is 13.6. The summed E-state index contributed by atoms with van der Waals surface area (Å²) in [5, 5.41) is 6.71. The molecule has 6 heteroatoms.